The summed E-state index contributed by atoms with van der Waals surface area (Å²) in [6.07, 6.45) is 1.03. The van der Waals surface area contributed by atoms with Crippen LogP contribution in [-0.2, 0) is 17.7 Å². The first-order chi connectivity index (χ1) is 13.9. The summed E-state index contributed by atoms with van der Waals surface area (Å²) in [7, 11) is 0. The fraction of sp³-hybridized carbons (Fsp3) is 0.500. The topological polar surface area (TPSA) is 70.6 Å². The maximum atomic E-state index is 12.9. The van der Waals surface area contributed by atoms with Gasteiger partial charge in [-0.3, -0.25) is 0 Å². The number of nitrogens with one attached hydrogen (secondary N) is 1. The summed E-state index contributed by atoms with van der Waals surface area (Å²) in [4.78, 5) is 26.5. The van der Waals surface area contributed by atoms with Gasteiger partial charge in [-0.25, -0.2) is 14.8 Å². The summed E-state index contributed by atoms with van der Waals surface area (Å²) < 4.78 is 5.89. The van der Waals surface area contributed by atoms with Crippen molar-refractivity contribution in [1.29, 1.82) is 0 Å². The van der Waals surface area contributed by atoms with Gasteiger partial charge in [0, 0.05) is 37.3 Å². The van der Waals surface area contributed by atoms with E-state index in [0.717, 1.165) is 53.7 Å². The summed E-state index contributed by atoms with van der Waals surface area (Å²) in [5, 5.41) is 3.05. The lowest BCUT2D eigenvalue weighted by molar-refractivity contribution is -0.00557. The second kappa shape index (κ2) is 7.99. The van der Waals surface area contributed by atoms with Crippen LogP contribution in [0.25, 0.3) is 0 Å². The number of aryl methyl sites for hydroxylation is 2. The van der Waals surface area contributed by atoms with Crippen molar-refractivity contribution in [2.24, 2.45) is 0 Å². The van der Waals surface area contributed by atoms with Crippen molar-refractivity contribution in [2.75, 3.05) is 29.9 Å². The number of ether oxygens (including phenoxy) is 1. The molecule has 7 heteroatoms. The van der Waals surface area contributed by atoms with Crippen LogP contribution in [0.15, 0.2) is 24.3 Å². The van der Waals surface area contributed by atoms with E-state index in [-0.39, 0.29) is 18.2 Å². The Labute approximate surface area is 172 Å². The van der Waals surface area contributed by atoms with Gasteiger partial charge >= 0.3 is 6.03 Å². The number of para-hydroxylation sites is 1. The van der Waals surface area contributed by atoms with Crippen LogP contribution in [0.2, 0.25) is 0 Å². The Hall–Kier alpha value is -2.67. The third-order valence-electron chi connectivity index (χ3n) is 5.54. The lowest BCUT2D eigenvalue weighted by Crippen LogP contribution is -2.47. The van der Waals surface area contributed by atoms with Crippen molar-refractivity contribution in [1.82, 2.24) is 14.9 Å². The highest BCUT2D eigenvalue weighted by molar-refractivity contribution is 5.90. The van der Waals surface area contributed by atoms with Crippen molar-refractivity contribution < 1.29 is 9.53 Å². The smallest absolute Gasteiger partial charge is 0.322 e. The molecule has 29 heavy (non-hydrogen) atoms. The second-order valence-corrected chi connectivity index (χ2v) is 8.10. The number of urea groups is 1. The zero-order valence-corrected chi connectivity index (χ0v) is 17.6. The van der Waals surface area contributed by atoms with Crippen LogP contribution in [0.3, 0.4) is 0 Å². The molecule has 0 unspecified atom stereocenters. The predicted molar refractivity (Wildman–Crippen MR) is 113 cm³/mol. The third kappa shape index (κ3) is 4.19. The lowest BCUT2D eigenvalue weighted by Gasteiger charge is -2.38. The number of rotatable bonds is 2. The van der Waals surface area contributed by atoms with Crippen molar-refractivity contribution in [3.8, 4) is 0 Å². The third-order valence-corrected chi connectivity index (χ3v) is 5.54. The van der Waals surface area contributed by atoms with E-state index in [4.69, 9.17) is 9.72 Å². The van der Waals surface area contributed by atoms with E-state index in [2.05, 4.69) is 29.0 Å². The number of fused-ring (bicyclic) bond motifs is 1. The van der Waals surface area contributed by atoms with Gasteiger partial charge in [0.25, 0.3) is 0 Å². The Bertz CT molecular complexity index is 906. The number of amides is 2. The number of hydrogen-bond donors (Lipinski definition) is 1. The Morgan fingerprint density at radius 2 is 1.86 bits per heavy atom. The molecule has 154 valence electrons. The van der Waals surface area contributed by atoms with Gasteiger partial charge in [-0.15, -0.1) is 0 Å². The van der Waals surface area contributed by atoms with Gasteiger partial charge in [0.05, 0.1) is 24.4 Å². The van der Waals surface area contributed by atoms with E-state index < -0.39 is 0 Å². The summed E-state index contributed by atoms with van der Waals surface area (Å²) in [5.41, 5.74) is 4.01. The molecule has 1 aromatic carbocycles. The monoisotopic (exact) mass is 395 g/mol. The Morgan fingerprint density at radius 1 is 1.14 bits per heavy atom. The number of carbonyl (C=O) groups is 1. The molecule has 1 aromatic heterocycles. The standard InChI is InChI=1S/C22H29N5O2/c1-14-7-5-6-8-19(14)25-22(28)26-10-9-20-18(13-26)21(24-17(4)23-20)27-11-15(2)29-16(3)12-27/h5-8,15-16H,9-13H2,1-4H3,(H,25,28)/t15-,16-/m0/s1. The summed E-state index contributed by atoms with van der Waals surface area (Å²) >= 11 is 0. The molecule has 0 radical (unpaired) electrons. The van der Waals surface area contributed by atoms with Crippen LogP contribution in [-0.4, -0.2) is 52.7 Å². The van der Waals surface area contributed by atoms with Crippen LogP contribution in [0.4, 0.5) is 16.3 Å². The molecule has 3 heterocycles. The number of nitrogens with zero attached hydrogens (tertiary/aromatic N) is 4. The molecule has 2 amide bonds. The van der Waals surface area contributed by atoms with Gasteiger partial charge < -0.3 is 19.9 Å². The van der Waals surface area contributed by atoms with Crippen LogP contribution in [0, 0.1) is 13.8 Å². The molecule has 7 nitrogen and oxygen atoms in total. The van der Waals surface area contributed by atoms with E-state index >= 15 is 0 Å². The Morgan fingerprint density at radius 3 is 2.59 bits per heavy atom. The minimum absolute atomic E-state index is 0.0832. The molecular weight excluding hydrogens is 366 g/mol. The Kier molecular flexibility index (Phi) is 5.41. The highest BCUT2D eigenvalue weighted by atomic mass is 16.5. The highest BCUT2D eigenvalue weighted by Gasteiger charge is 2.30. The summed E-state index contributed by atoms with van der Waals surface area (Å²) in [5.74, 6) is 1.73. The van der Waals surface area contributed by atoms with Gasteiger partial charge in [-0.1, -0.05) is 18.2 Å². The fourth-order valence-electron chi connectivity index (χ4n) is 4.21. The zero-order valence-electron chi connectivity index (χ0n) is 17.6. The average Bonchev–Trinajstić information content (AvgIpc) is 2.68. The minimum Gasteiger partial charge on any atom is -0.372 e. The number of benzene rings is 1. The first kappa shape index (κ1) is 19.6. The number of aromatic nitrogens is 2. The van der Waals surface area contributed by atoms with E-state index in [1.54, 1.807) is 0 Å². The number of anilines is 2. The van der Waals surface area contributed by atoms with Crippen molar-refractivity contribution in [2.45, 2.75) is 52.9 Å². The summed E-state index contributed by atoms with van der Waals surface area (Å²) in [6.45, 7) is 10.9. The quantitative estimate of drug-likeness (QED) is 0.845. The lowest BCUT2D eigenvalue weighted by atomic mass is 10.0. The molecule has 2 aliphatic heterocycles. The molecule has 0 aliphatic carbocycles. The van der Waals surface area contributed by atoms with Gasteiger partial charge in [0.2, 0.25) is 0 Å². The van der Waals surface area contributed by atoms with Gasteiger partial charge in [0.15, 0.2) is 0 Å². The van der Waals surface area contributed by atoms with Gasteiger partial charge in [0.1, 0.15) is 11.6 Å². The first-order valence-electron chi connectivity index (χ1n) is 10.3. The SMILES string of the molecule is Cc1nc2c(c(N3C[C@H](C)O[C@@H](C)C3)n1)CN(C(=O)Nc1ccccc1C)CC2. The van der Waals surface area contributed by atoms with E-state index in [1.165, 1.54) is 0 Å². The largest absolute Gasteiger partial charge is 0.372 e. The number of hydrogen-bond acceptors (Lipinski definition) is 5. The molecule has 1 fully saturated rings. The fourth-order valence-corrected chi connectivity index (χ4v) is 4.21. The maximum absolute atomic E-state index is 12.9. The van der Waals surface area contributed by atoms with E-state index in [0.29, 0.717) is 13.1 Å². The molecule has 1 N–H and O–H groups in total. The molecule has 2 atom stereocenters. The first-order valence-corrected chi connectivity index (χ1v) is 10.3. The van der Waals surface area contributed by atoms with Gasteiger partial charge in [-0.2, -0.15) is 0 Å². The highest BCUT2D eigenvalue weighted by Crippen LogP contribution is 2.29. The summed E-state index contributed by atoms with van der Waals surface area (Å²) in [6, 6.07) is 7.75. The molecule has 0 spiro atoms. The minimum atomic E-state index is -0.0832. The van der Waals surface area contributed by atoms with Crippen LogP contribution >= 0.6 is 0 Å². The van der Waals surface area contributed by atoms with E-state index in [9.17, 15) is 4.79 Å². The molecular formula is C22H29N5O2. The van der Waals surface area contributed by atoms with Crippen molar-refractivity contribution in [3.63, 3.8) is 0 Å². The molecule has 4 rings (SSSR count). The normalized spacial score (nSPS) is 21.7. The molecule has 2 aliphatic rings. The molecule has 0 bridgehead atoms. The van der Waals surface area contributed by atoms with E-state index in [1.807, 2.05) is 43.0 Å². The van der Waals surface area contributed by atoms with Crippen molar-refractivity contribution in [3.05, 3.63) is 46.9 Å². The number of morpholine rings is 1. The number of carbonyl (C=O) groups excluding carboxylic acids is 1. The van der Waals surface area contributed by atoms with Gasteiger partial charge in [-0.05, 0) is 39.3 Å². The molecule has 1 saturated heterocycles. The predicted octanol–water partition coefficient (Wildman–Crippen LogP) is 3.30. The Balaban J connectivity index is 1.58. The zero-order chi connectivity index (χ0) is 20.5. The molecule has 2 aromatic rings. The average molecular weight is 396 g/mol. The maximum Gasteiger partial charge on any atom is 0.322 e. The second-order valence-electron chi connectivity index (χ2n) is 8.10. The van der Waals surface area contributed by atoms with Crippen LogP contribution in [0.5, 0.6) is 0 Å². The van der Waals surface area contributed by atoms with Crippen LogP contribution < -0.4 is 10.2 Å². The van der Waals surface area contributed by atoms with Crippen molar-refractivity contribution >= 4 is 17.5 Å². The molecule has 0 saturated carbocycles. The van der Waals surface area contributed by atoms with Crippen LogP contribution in [0.1, 0.15) is 36.5 Å².